The first-order valence-electron chi connectivity index (χ1n) is 9.84. The Morgan fingerprint density at radius 3 is 2.69 bits per heavy atom. The predicted octanol–water partition coefficient (Wildman–Crippen LogP) is 3.12. The van der Waals surface area contributed by atoms with Gasteiger partial charge in [0.1, 0.15) is 5.69 Å². The van der Waals surface area contributed by atoms with Crippen molar-refractivity contribution in [2.75, 3.05) is 30.7 Å². The molecule has 1 aliphatic heterocycles. The Labute approximate surface area is 168 Å². The normalized spacial score (nSPS) is 14.8. The van der Waals surface area contributed by atoms with Gasteiger partial charge in [-0.3, -0.25) is 10.1 Å². The number of nitrogens with two attached hydrogens (primary N) is 1. The van der Waals surface area contributed by atoms with Crippen molar-refractivity contribution >= 4 is 28.2 Å². The second-order valence-corrected chi connectivity index (χ2v) is 7.37. The molecule has 4 N–H and O–H groups in total. The highest BCUT2D eigenvalue weighted by Crippen LogP contribution is 2.30. The molecule has 4 rings (SSSR count). The second kappa shape index (κ2) is 8.40. The minimum atomic E-state index is -0.412. The molecule has 1 aliphatic rings. The fourth-order valence-corrected chi connectivity index (χ4v) is 3.91. The molecule has 3 aromatic rings. The number of piperidine rings is 1. The number of nitro groups is 1. The third-order valence-electron chi connectivity index (χ3n) is 5.41. The van der Waals surface area contributed by atoms with Gasteiger partial charge in [0.05, 0.1) is 4.92 Å². The Morgan fingerprint density at radius 1 is 1.14 bits per heavy atom. The Morgan fingerprint density at radius 2 is 1.90 bits per heavy atom. The van der Waals surface area contributed by atoms with Crippen molar-refractivity contribution in [1.82, 2.24) is 15.3 Å². The van der Waals surface area contributed by atoms with Gasteiger partial charge < -0.3 is 16.4 Å². The second-order valence-electron chi connectivity index (χ2n) is 7.37. The highest BCUT2D eigenvalue weighted by Gasteiger charge is 2.25. The van der Waals surface area contributed by atoms with Crippen molar-refractivity contribution in [2.45, 2.75) is 19.3 Å². The summed E-state index contributed by atoms with van der Waals surface area (Å²) >= 11 is 0. The number of anilines is 2. The number of hydrogen-bond donors (Lipinski definition) is 3. The number of benzene rings is 2. The Hall–Kier alpha value is -3.26. The van der Waals surface area contributed by atoms with Gasteiger partial charge in [0.2, 0.25) is 11.8 Å². The Bertz CT molecular complexity index is 1030. The van der Waals surface area contributed by atoms with Crippen molar-refractivity contribution in [3.63, 3.8) is 0 Å². The van der Waals surface area contributed by atoms with Crippen LogP contribution in [0.1, 0.15) is 24.1 Å². The number of nitrogens with zero attached hydrogens (tertiary/aromatic N) is 3. The molecule has 0 saturated carbocycles. The third-order valence-corrected chi connectivity index (χ3v) is 5.41. The molecule has 1 aromatic heterocycles. The van der Waals surface area contributed by atoms with Crippen LogP contribution in [0.3, 0.4) is 0 Å². The summed E-state index contributed by atoms with van der Waals surface area (Å²) in [5.41, 5.74) is 7.10. The van der Waals surface area contributed by atoms with Crippen molar-refractivity contribution in [1.29, 1.82) is 0 Å². The lowest BCUT2D eigenvalue weighted by atomic mass is 9.98. The molecule has 0 radical (unpaired) electrons. The minimum absolute atomic E-state index is 0.0404. The molecule has 0 bridgehead atoms. The Balaban J connectivity index is 1.67. The summed E-state index contributed by atoms with van der Waals surface area (Å²) in [6.07, 6.45) is 2.38. The monoisotopic (exact) mass is 392 g/mol. The lowest BCUT2D eigenvalue weighted by molar-refractivity contribution is -0.385. The topological polar surface area (TPSA) is 119 Å². The van der Waals surface area contributed by atoms with Gasteiger partial charge in [0.15, 0.2) is 0 Å². The van der Waals surface area contributed by atoms with E-state index >= 15 is 0 Å². The van der Waals surface area contributed by atoms with E-state index in [1.165, 1.54) is 0 Å². The van der Waals surface area contributed by atoms with Gasteiger partial charge in [-0.15, -0.1) is 0 Å². The van der Waals surface area contributed by atoms with Crippen LogP contribution < -0.4 is 16.4 Å². The van der Waals surface area contributed by atoms with Crippen LogP contribution in [0, 0.1) is 16.0 Å². The van der Waals surface area contributed by atoms with E-state index in [0.29, 0.717) is 24.6 Å². The molecule has 1 saturated heterocycles. The van der Waals surface area contributed by atoms with Crippen LogP contribution in [-0.4, -0.2) is 34.5 Å². The standard InChI is InChI=1S/C21H24N6O2/c22-21-25-18(12-16-6-3-5-15-4-1-2-7-17(15)16)19(27(28)29)20(26-21)24-13-14-8-10-23-11-9-14/h1-7,14,23H,8-13H2,(H3,22,24,25,26). The van der Waals surface area contributed by atoms with E-state index in [4.69, 9.17) is 5.73 Å². The average Bonchev–Trinajstić information content (AvgIpc) is 2.73. The number of fused-ring (bicyclic) bond motifs is 1. The predicted molar refractivity (Wildman–Crippen MR) is 114 cm³/mol. The lowest BCUT2D eigenvalue weighted by Crippen LogP contribution is -2.31. The van der Waals surface area contributed by atoms with Crippen LogP contribution in [0.25, 0.3) is 10.8 Å². The molecule has 0 aliphatic carbocycles. The molecular formula is C21H24N6O2. The summed E-state index contributed by atoms with van der Waals surface area (Å²) < 4.78 is 0. The van der Waals surface area contributed by atoms with Crippen molar-refractivity contribution in [3.05, 3.63) is 63.8 Å². The molecule has 2 heterocycles. The maximum absolute atomic E-state index is 11.9. The number of rotatable bonds is 6. The molecule has 0 spiro atoms. The smallest absolute Gasteiger partial charge is 0.333 e. The number of hydrogen-bond acceptors (Lipinski definition) is 7. The molecule has 0 atom stereocenters. The van der Waals surface area contributed by atoms with Crippen LogP contribution in [-0.2, 0) is 6.42 Å². The minimum Gasteiger partial charge on any atom is -0.368 e. The van der Waals surface area contributed by atoms with Crippen LogP contribution in [0.15, 0.2) is 42.5 Å². The van der Waals surface area contributed by atoms with Crippen LogP contribution in [0.2, 0.25) is 0 Å². The van der Waals surface area contributed by atoms with Gasteiger partial charge in [-0.25, -0.2) is 4.98 Å². The van der Waals surface area contributed by atoms with E-state index in [9.17, 15) is 10.1 Å². The molecular weight excluding hydrogens is 368 g/mol. The SMILES string of the molecule is Nc1nc(Cc2cccc3ccccc23)c([N+](=O)[O-])c(NCC2CCNCC2)n1. The molecule has 29 heavy (non-hydrogen) atoms. The van der Waals surface area contributed by atoms with E-state index in [2.05, 4.69) is 20.6 Å². The van der Waals surface area contributed by atoms with Crippen LogP contribution in [0.5, 0.6) is 0 Å². The number of nitrogen functional groups attached to an aromatic ring is 1. The van der Waals surface area contributed by atoms with E-state index in [1.807, 2.05) is 42.5 Å². The first-order chi connectivity index (χ1) is 14.1. The van der Waals surface area contributed by atoms with Gasteiger partial charge in [0.25, 0.3) is 0 Å². The molecule has 0 unspecified atom stereocenters. The Kier molecular flexibility index (Phi) is 5.53. The average molecular weight is 392 g/mol. The molecule has 8 heteroatoms. The fraction of sp³-hybridized carbons (Fsp3) is 0.333. The van der Waals surface area contributed by atoms with Gasteiger partial charge in [-0.05, 0) is 48.2 Å². The number of nitrogens with one attached hydrogen (secondary N) is 2. The van der Waals surface area contributed by atoms with Crippen molar-refractivity contribution in [2.24, 2.45) is 5.92 Å². The molecule has 150 valence electrons. The highest BCUT2D eigenvalue weighted by atomic mass is 16.6. The summed E-state index contributed by atoms with van der Waals surface area (Å²) in [5, 5.41) is 20.5. The summed E-state index contributed by atoms with van der Waals surface area (Å²) in [6.45, 7) is 2.56. The summed E-state index contributed by atoms with van der Waals surface area (Å²) in [7, 11) is 0. The van der Waals surface area contributed by atoms with Gasteiger partial charge >= 0.3 is 5.69 Å². The zero-order valence-electron chi connectivity index (χ0n) is 16.1. The highest BCUT2D eigenvalue weighted by molar-refractivity contribution is 5.86. The van der Waals surface area contributed by atoms with E-state index < -0.39 is 4.92 Å². The molecule has 8 nitrogen and oxygen atoms in total. The lowest BCUT2D eigenvalue weighted by Gasteiger charge is -2.23. The molecule has 1 fully saturated rings. The number of aromatic nitrogens is 2. The maximum Gasteiger partial charge on any atom is 0.333 e. The molecule has 0 amide bonds. The largest absolute Gasteiger partial charge is 0.368 e. The van der Waals surface area contributed by atoms with E-state index in [0.717, 1.165) is 42.3 Å². The maximum atomic E-state index is 11.9. The van der Waals surface area contributed by atoms with Crippen molar-refractivity contribution < 1.29 is 4.92 Å². The van der Waals surface area contributed by atoms with Gasteiger partial charge in [-0.2, -0.15) is 4.98 Å². The summed E-state index contributed by atoms with van der Waals surface area (Å²) in [6, 6.07) is 13.9. The summed E-state index contributed by atoms with van der Waals surface area (Å²) in [4.78, 5) is 19.9. The zero-order chi connectivity index (χ0) is 20.2. The van der Waals surface area contributed by atoms with Crippen LogP contribution >= 0.6 is 0 Å². The van der Waals surface area contributed by atoms with Crippen molar-refractivity contribution in [3.8, 4) is 0 Å². The zero-order valence-corrected chi connectivity index (χ0v) is 16.1. The first-order valence-corrected chi connectivity index (χ1v) is 9.84. The fourth-order valence-electron chi connectivity index (χ4n) is 3.91. The summed E-state index contributed by atoms with van der Waals surface area (Å²) in [5.74, 6) is 0.698. The first kappa shape index (κ1) is 19.1. The quantitative estimate of drug-likeness (QED) is 0.435. The van der Waals surface area contributed by atoms with Crippen LogP contribution in [0.4, 0.5) is 17.5 Å². The third kappa shape index (κ3) is 4.27. The van der Waals surface area contributed by atoms with Gasteiger partial charge in [0, 0.05) is 13.0 Å². The molecule has 2 aromatic carbocycles. The van der Waals surface area contributed by atoms with E-state index in [1.54, 1.807) is 0 Å². The van der Waals surface area contributed by atoms with E-state index in [-0.39, 0.29) is 17.5 Å². The van der Waals surface area contributed by atoms with Gasteiger partial charge in [-0.1, -0.05) is 42.5 Å².